The van der Waals surface area contributed by atoms with Gasteiger partial charge in [-0.15, -0.1) is 0 Å². The van der Waals surface area contributed by atoms with Crippen LogP contribution in [0.1, 0.15) is 22.7 Å². The van der Waals surface area contributed by atoms with Gasteiger partial charge < -0.3 is 10.1 Å². The van der Waals surface area contributed by atoms with Gasteiger partial charge in [0.05, 0.1) is 7.11 Å². The molecule has 3 heteroatoms. The number of benzene rings is 2. The molecule has 1 N–H and O–H groups in total. The maximum absolute atomic E-state index is 5.20. The van der Waals surface area contributed by atoms with Crippen LogP contribution in [0.3, 0.4) is 0 Å². The van der Waals surface area contributed by atoms with Crippen molar-refractivity contribution < 1.29 is 4.74 Å². The first kappa shape index (κ1) is 15.1. The van der Waals surface area contributed by atoms with Crippen LogP contribution in [-0.4, -0.2) is 14.2 Å². The van der Waals surface area contributed by atoms with Gasteiger partial charge >= 0.3 is 0 Å². The molecule has 0 fully saturated rings. The summed E-state index contributed by atoms with van der Waals surface area (Å²) >= 11 is 3.70. The van der Waals surface area contributed by atoms with Crippen molar-refractivity contribution in [3.63, 3.8) is 0 Å². The lowest BCUT2D eigenvalue weighted by atomic mass is 9.97. The van der Waals surface area contributed by atoms with Crippen molar-refractivity contribution in [2.75, 3.05) is 14.2 Å². The van der Waals surface area contributed by atoms with Crippen LogP contribution in [0.25, 0.3) is 0 Å². The third kappa shape index (κ3) is 3.41. The number of likely N-dealkylation sites (N-methyl/N-ethyl adjacent to an activating group) is 1. The topological polar surface area (TPSA) is 21.3 Å². The van der Waals surface area contributed by atoms with Gasteiger partial charge in [-0.2, -0.15) is 0 Å². The lowest BCUT2D eigenvalue weighted by Gasteiger charge is -2.19. The number of methoxy groups -OCH3 is 1. The van der Waals surface area contributed by atoms with Crippen molar-refractivity contribution in [1.29, 1.82) is 0 Å². The number of ether oxygens (including phenoxy) is 1. The third-order valence-electron chi connectivity index (χ3n) is 3.54. The van der Waals surface area contributed by atoms with Gasteiger partial charge in [0.1, 0.15) is 5.75 Å². The fourth-order valence-corrected chi connectivity index (χ4v) is 2.84. The molecule has 0 radical (unpaired) electrons. The van der Waals surface area contributed by atoms with Gasteiger partial charge in [0.15, 0.2) is 0 Å². The summed E-state index contributed by atoms with van der Waals surface area (Å²) in [5.74, 6) is 0.895. The van der Waals surface area contributed by atoms with Crippen molar-refractivity contribution in [3.05, 3.63) is 63.6 Å². The minimum Gasteiger partial charge on any atom is -0.497 e. The number of hydrogen-bond donors (Lipinski definition) is 1. The maximum atomic E-state index is 5.20. The molecule has 1 unspecified atom stereocenters. The average molecular weight is 334 g/mol. The van der Waals surface area contributed by atoms with E-state index in [4.69, 9.17) is 4.74 Å². The highest BCUT2D eigenvalue weighted by Crippen LogP contribution is 2.29. The Morgan fingerprint density at radius 2 is 1.85 bits per heavy atom. The van der Waals surface area contributed by atoms with Crippen LogP contribution in [0.5, 0.6) is 5.75 Å². The summed E-state index contributed by atoms with van der Waals surface area (Å²) in [6.45, 7) is 2.12. The molecule has 2 rings (SSSR count). The average Bonchev–Trinajstić information content (AvgIpc) is 2.48. The molecule has 2 nitrogen and oxygen atoms in total. The predicted molar refractivity (Wildman–Crippen MR) is 87.4 cm³/mol. The highest BCUT2D eigenvalue weighted by atomic mass is 79.9. The Morgan fingerprint density at radius 3 is 2.45 bits per heavy atom. The summed E-state index contributed by atoms with van der Waals surface area (Å²) in [6.07, 6.45) is 0.947. The van der Waals surface area contributed by atoms with E-state index >= 15 is 0 Å². The SMILES string of the molecule is CNC(Cc1ccc(OC)cc1)c1cccc(C)c1Br. The molecule has 0 saturated carbocycles. The molecule has 0 aliphatic heterocycles. The maximum Gasteiger partial charge on any atom is 0.118 e. The van der Waals surface area contributed by atoms with Gasteiger partial charge in [-0.1, -0.05) is 46.3 Å². The van der Waals surface area contributed by atoms with Crippen LogP contribution >= 0.6 is 15.9 Å². The summed E-state index contributed by atoms with van der Waals surface area (Å²) in [4.78, 5) is 0. The zero-order chi connectivity index (χ0) is 14.5. The van der Waals surface area contributed by atoms with Gasteiger partial charge in [-0.25, -0.2) is 0 Å². The number of nitrogens with one attached hydrogen (secondary N) is 1. The molecule has 20 heavy (non-hydrogen) atoms. The number of halogens is 1. The highest BCUT2D eigenvalue weighted by Gasteiger charge is 2.14. The predicted octanol–water partition coefficient (Wildman–Crippen LogP) is 4.27. The van der Waals surface area contributed by atoms with E-state index in [1.165, 1.54) is 21.2 Å². The molecule has 0 spiro atoms. The molecule has 0 aliphatic rings. The molecule has 2 aromatic carbocycles. The van der Waals surface area contributed by atoms with Crippen molar-refractivity contribution in [3.8, 4) is 5.75 Å². The largest absolute Gasteiger partial charge is 0.497 e. The summed E-state index contributed by atoms with van der Waals surface area (Å²) in [5.41, 5.74) is 3.85. The second-order valence-corrected chi connectivity index (χ2v) is 5.66. The van der Waals surface area contributed by atoms with E-state index in [1.54, 1.807) is 7.11 Å². The highest BCUT2D eigenvalue weighted by molar-refractivity contribution is 9.10. The zero-order valence-electron chi connectivity index (χ0n) is 12.1. The van der Waals surface area contributed by atoms with Gasteiger partial charge in [0.2, 0.25) is 0 Å². The Bertz CT molecular complexity index is 566. The van der Waals surface area contributed by atoms with Crippen LogP contribution in [0.15, 0.2) is 46.9 Å². The second kappa shape index (κ2) is 6.91. The molecule has 1 atom stereocenters. The number of hydrogen-bond acceptors (Lipinski definition) is 2. The van der Waals surface area contributed by atoms with E-state index in [0.717, 1.165) is 12.2 Å². The smallest absolute Gasteiger partial charge is 0.118 e. The summed E-state index contributed by atoms with van der Waals surface area (Å²) in [5, 5.41) is 3.40. The minimum absolute atomic E-state index is 0.290. The van der Waals surface area contributed by atoms with Gasteiger partial charge in [0, 0.05) is 10.5 Å². The Morgan fingerprint density at radius 1 is 1.15 bits per heavy atom. The van der Waals surface area contributed by atoms with Crippen LogP contribution in [0, 0.1) is 6.92 Å². The molecule has 0 bridgehead atoms. The van der Waals surface area contributed by atoms with Crippen LogP contribution in [-0.2, 0) is 6.42 Å². The van der Waals surface area contributed by atoms with Crippen molar-refractivity contribution in [1.82, 2.24) is 5.32 Å². The second-order valence-electron chi connectivity index (χ2n) is 4.87. The molecule has 0 heterocycles. The monoisotopic (exact) mass is 333 g/mol. The first-order chi connectivity index (χ1) is 9.65. The number of aryl methyl sites for hydroxylation is 1. The Balaban J connectivity index is 2.21. The zero-order valence-corrected chi connectivity index (χ0v) is 13.7. The normalized spacial score (nSPS) is 12.2. The van der Waals surface area contributed by atoms with E-state index < -0.39 is 0 Å². The molecule has 0 aliphatic carbocycles. The molecular weight excluding hydrogens is 314 g/mol. The first-order valence-corrected chi connectivity index (χ1v) is 7.50. The molecule has 0 aromatic heterocycles. The summed E-state index contributed by atoms with van der Waals surface area (Å²) in [7, 11) is 3.69. The molecule has 106 valence electrons. The fraction of sp³-hybridized carbons (Fsp3) is 0.294. The lowest BCUT2D eigenvalue weighted by Crippen LogP contribution is -2.19. The van der Waals surface area contributed by atoms with Gasteiger partial charge in [-0.05, 0) is 49.2 Å². The molecule has 0 saturated heterocycles. The molecule has 2 aromatic rings. The van der Waals surface area contributed by atoms with Crippen molar-refractivity contribution >= 4 is 15.9 Å². The first-order valence-electron chi connectivity index (χ1n) is 6.71. The Hall–Kier alpha value is -1.32. The van der Waals surface area contributed by atoms with E-state index in [9.17, 15) is 0 Å². The fourth-order valence-electron chi connectivity index (χ4n) is 2.30. The van der Waals surface area contributed by atoms with Crippen molar-refractivity contribution in [2.45, 2.75) is 19.4 Å². The van der Waals surface area contributed by atoms with Crippen LogP contribution in [0.2, 0.25) is 0 Å². The van der Waals surface area contributed by atoms with E-state index in [1.807, 2.05) is 19.2 Å². The minimum atomic E-state index is 0.290. The van der Waals surface area contributed by atoms with Crippen LogP contribution in [0.4, 0.5) is 0 Å². The standard InChI is InChI=1S/C17H20BrNO/c1-12-5-4-6-15(17(12)18)16(19-2)11-13-7-9-14(20-3)10-8-13/h4-10,16,19H,11H2,1-3H3. The third-order valence-corrected chi connectivity index (χ3v) is 4.63. The Kier molecular flexibility index (Phi) is 5.21. The van der Waals surface area contributed by atoms with Gasteiger partial charge in [0.25, 0.3) is 0 Å². The number of rotatable bonds is 5. The summed E-state index contributed by atoms with van der Waals surface area (Å²) < 4.78 is 6.38. The van der Waals surface area contributed by atoms with E-state index in [2.05, 4.69) is 58.5 Å². The Labute approximate surface area is 129 Å². The van der Waals surface area contributed by atoms with Crippen LogP contribution < -0.4 is 10.1 Å². The van der Waals surface area contributed by atoms with Crippen molar-refractivity contribution in [2.24, 2.45) is 0 Å². The van der Waals surface area contributed by atoms with Gasteiger partial charge in [-0.3, -0.25) is 0 Å². The van der Waals surface area contributed by atoms with E-state index in [0.29, 0.717) is 0 Å². The summed E-state index contributed by atoms with van der Waals surface area (Å²) in [6, 6.07) is 14.9. The van der Waals surface area contributed by atoms with E-state index in [-0.39, 0.29) is 6.04 Å². The quantitative estimate of drug-likeness (QED) is 0.882. The molecule has 0 amide bonds. The molecular formula is C17H20BrNO. The lowest BCUT2D eigenvalue weighted by molar-refractivity contribution is 0.414.